The molecule has 0 aliphatic heterocycles. The topological polar surface area (TPSA) is 67.3 Å². The standard InChI is InChI=1S/C17H22N4O2/c1-21(13-14-7-4-3-5-8-14)17(22)15-11-20-16(12-19-15)18-9-6-10-23-2/h3-5,7-8,11-12H,6,9-10,13H2,1-2H3,(H,18,20). The average Bonchev–Trinajstić information content (AvgIpc) is 2.59. The maximum Gasteiger partial charge on any atom is 0.274 e. The number of methoxy groups -OCH3 is 1. The molecule has 0 spiro atoms. The Kier molecular flexibility index (Phi) is 6.50. The van der Waals surface area contributed by atoms with Crippen molar-refractivity contribution in [2.45, 2.75) is 13.0 Å². The van der Waals surface area contributed by atoms with Crippen LogP contribution in [0.3, 0.4) is 0 Å². The molecule has 1 amide bonds. The Morgan fingerprint density at radius 3 is 2.65 bits per heavy atom. The van der Waals surface area contributed by atoms with E-state index in [0.29, 0.717) is 24.7 Å². The highest BCUT2D eigenvalue weighted by molar-refractivity contribution is 5.91. The predicted molar refractivity (Wildman–Crippen MR) is 89.3 cm³/mol. The molecule has 0 radical (unpaired) electrons. The summed E-state index contributed by atoms with van der Waals surface area (Å²) in [6.45, 7) is 1.99. The van der Waals surface area contributed by atoms with Gasteiger partial charge >= 0.3 is 0 Å². The zero-order chi connectivity index (χ0) is 16.5. The Labute approximate surface area is 136 Å². The Morgan fingerprint density at radius 2 is 2.00 bits per heavy atom. The van der Waals surface area contributed by atoms with Gasteiger partial charge in [0.1, 0.15) is 11.5 Å². The van der Waals surface area contributed by atoms with E-state index in [4.69, 9.17) is 4.74 Å². The summed E-state index contributed by atoms with van der Waals surface area (Å²) in [5.41, 5.74) is 1.42. The zero-order valence-electron chi connectivity index (χ0n) is 13.5. The minimum atomic E-state index is -0.146. The maximum atomic E-state index is 12.3. The number of nitrogens with one attached hydrogen (secondary N) is 1. The Morgan fingerprint density at radius 1 is 1.22 bits per heavy atom. The molecule has 122 valence electrons. The number of aromatic nitrogens is 2. The summed E-state index contributed by atoms with van der Waals surface area (Å²) >= 11 is 0. The number of hydrogen-bond acceptors (Lipinski definition) is 5. The lowest BCUT2D eigenvalue weighted by Crippen LogP contribution is -2.27. The van der Waals surface area contributed by atoms with Crippen molar-refractivity contribution in [2.24, 2.45) is 0 Å². The van der Waals surface area contributed by atoms with Gasteiger partial charge in [0.2, 0.25) is 0 Å². The molecule has 0 atom stereocenters. The molecule has 1 heterocycles. The highest BCUT2D eigenvalue weighted by Gasteiger charge is 2.13. The van der Waals surface area contributed by atoms with E-state index in [2.05, 4.69) is 15.3 Å². The molecular formula is C17H22N4O2. The molecular weight excluding hydrogens is 292 g/mol. The van der Waals surface area contributed by atoms with Crippen molar-refractivity contribution in [3.8, 4) is 0 Å². The summed E-state index contributed by atoms with van der Waals surface area (Å²) in [5.74, 6) is 0.510. The summed E-state index contributed by atoms with van der Waals surface area (Å²) in [6, 6.07) is 9.84. The van der Waals surface area contributed by atoms with Crippen LogP contribution in [0.15, 0.2) is 42.7 Å². The summed E-state index contributed by atoms with van der Waals surface area (Å²) < 4.78 is 4.98. The van der Waals surface area contributed by atoms with Crippen molar-refractivity contribution in [1.82, 2.24) is 14.9 Å². The number of nitrogens with zero attached hydrogens (tertiary/aromatic N) is 3. The van der Waals surface area contributed by atoms with Crippen LogP contribution in [0, 0.1) is 0 Å². The van der Waals surface area contributed by atoms with Crippen molar-refractivity contribution in [2.75, 3.05) is 32.6 Å². The summed E-state index contributed by atoms with van der Waals surface area (Å²) in [6.07, 6.45) is 3.97. The van der Waals surface area contributed by atoms with Gasteiger partial charge in [-0.15, -0.1) is 0 Å². The van der Waals surface area contributed by atoms with Crippen LogP contribution in [0.2, 0.25) is 0 Å². The van der Waals surface area contributed by atoms with E-state index >= 15 is 0 Å². The summed E-state index contributed by atoms with van der Waals surface area (Å²) in [7, 11) is 3.43. The van der Waals surface area contributed by atoms with Crippen LogP contribution in [-0.2, 0) is 11.3 Å². The maximum absolute atomic E-state index is 12.3. The third-order valence-electron chi connectivity index (χ3n) is 3.31. The normalized spacial score (nSPS) is 10.3. The van der Waals surface area contributed by atoms with Gasteiger partial charge in [0.25, 0.3) is 5.91 Å². The highest BCUT2D eigenvalue weighted by atomic mass is 16.5. The molecule has 1 aromatic carbocycles. The van der Waals surface area contributed by atoms with Gasteiger partial charge in [-0.2, -0.15) is 0 Å². The number of ether oxygens (including phenoxy) is 1. The van der Waals surface area contributed by atoms with Crippen LogP contribution in [0.1, 0.15) is 22.5 Å². The van der Waals surface area contributed by atoms with Gasteiger partial charge in [-0.1, -0.05) is 30.3 Å². The molecule has 1 aromatic heterocycles. The van der Waals surface area contributed by atoms with Crippen molar-refractivity contribution in [1.29, 1.82) is 0 Å². The fourth-order valence-corrected chi connectivity index (χ4v) is 2.09. The van der Waals surface area contributed by atoms with Crippen molar-refractivity contribution in [3.05, 3.63) is 54.0 Å². The van der Waals surface area contributed by atoms with E-state index < -0.39 is 0 Å². The number of anilines is 1. The zero-order valence-corrected chi connectivity index (χ0v) is 13.5. The second-order valence-electron chi connectivity index (χ2n) is 5.21. The van der Waals surface area contributed by atoms with Crippen molar-refractivity contribution in [3.63, 3.8) is 0 Å². The lowest BCUT2D eigenvalue weighted by molar-refractivity contribution is 0.0779. The van der Waals surface area contributed by atoms with E-state index in [9.17, 15) is 4.79 Å². The van der Waals surface area contributed by atoms with E-state index in [1.54, 1.807) is 25.3 Å². The van der Waals surface area contributed by atoms with Crippen LogP contribution in [-0.4, -0.2) is 48.1 Å². The van der Waals surface area contributed by atoms with Crippen molar-refractivity contribution < 1.29 is 9.53 Å². The van der Waals surface area contributed by atoms with Gasteiger partial charge in [0.15, 0.2) is 0 Å². The fourth-order valence-electron chi connectivity index (χ4n) is 2.09. The van der Waals surface area contributed by atoms with Crippen LogP contribution in [0.25, 0.3) is 0 Å². The average molecular weight is 314 g/mol. The second-order valence-corrected chi connectivity index (χ2v) is 5.21. The molecule has 0 unspecified atom stereocenters. The summed E-state index contributed by atoms with van der Waals surface area (Å²) in [4.78, 5) is 22.4. The molecule has 1 N–H and O–H groups in total. The second kappa shape index (κ2) is 8.85. The first-order valence-corrected chi connectivity index (χ1v) is 7.55. The minimum Gasteiger partial charge on any atom is -0.385 e. The lowest BCUT2D eigenvalue weighted by Gasteiger charge is -2.16. The first kappa shape index (κ1) is 16.9. The van der Waals surface area contributed by atoms with Crippen LogP contribution >= 0.6 is 0 Å². The largest absolute Gasteiger partial charge is 0.385 e. The van der Waals surface area contributed by atoms with Crippen LogP contribution in [0.4, 0.5) is 5.82 Å². The third kappa shape index (κ3) is 5.34. The molecule has 0 fully saturated rings. The van der Waals surface area contributed by atoms with Gasteiger partial charge in [0.05, 0.1) is 12.4 Å². The number of carbonyl (C=O) groups is 1. The van der Waals surface area contributed by atoms with E-state index in [1.165, 1.54) is 6.20 Å². The number of amides is 1. The first-order chi connectivity index (χ1) is 11.2. The highest BCUT2D eigenvalue weighted by Crippen LogP contribution is 2.07. The SMILES string of the molecule is COCCCNc1cnc(C(=O)N(C)Cc2ccccc2)cn1. The molecule has 0 aliphatic rings. The van der Waals surface area contributed by atoms with Gasteiger partial charge < -0.3 is 15.0 Å². The minimum absolute atomic E-state index is 0.146. The molecule has 2 rings (SSSR count). The molecule has 0 saturated heterocycles. The molecule has 0 aliphatic carbocycles. The predicted octanol–water partition coefficient (Wildman–Crippen LogP) is 2.20. The Balaban J connectivity index is 1.89. The van der Waals surface area contributed by atoms with Crippen LogP contribution < -0.4 is 5.32 Å². The fraction of sp³-hybridized carbons (Fsp3) is 0.353. The molecule has 0 saturated carbocycles. The number of rotatable bonds is 8. The summed E-state index contributed by atoms with van der Waals surface area (Å²) in [5, 5.41) is 3.14. The lowest BCUT2D eigenvalue weighted by atomic mass is 10.2. The number of benzene rings is 1. The molecule has 2 aromatic rings. The van der Waals surface area contributed by atoms with E-state index in [-0.39, 0.29) is 5.91 Å². The van der Waals surface area contributed by atoms with Crippen molar-refractivity contribution >= 4 is 11.7 Å². The van der Waals surface area contributed by atoms with E-state index in [0.717, 1.165) is 18.5 Å². The molecule has 6 nitrogen and oxygen atoms in total. The van der Waals surface area contributed by atoms with Gasteiger partial charge in [-0.25, -0.2) is 9.97 Å². The Hall–Kier alpha value is -2.47. The smallest absolute Gasteiger partial charge is 0.274 e. The van der Waals surface area contributed by atoms with Crippen LogP contribution in [0.5, 0.6) is 0 Å². The quantitative estimate of drug-likeness (QED) is 0.757. The van der Waals surface area contributed by atoms with Gasteiger partial charge in [-0.3, -0.25) is 4.79 Å². The van der Waals surface area contributed by atoms with E-state index in [1.807, 2.05) is 30.3 Å². The third-order valence-corrected chi connectivity index (χ3v) is 3.31. The Bertz CT molecular complexity index is 602. The first-order valence-electron chi connectivity index (χ1n) is 7.55. The molecule has 6 heteroatoms. The molecule has 23 heavy (non-hydrogen) atoms. The number of hydrogen-bond donors (Lipinski definition) is 1. The molecule has 0 bridgehead atoms. The monoisotopic (exact) mass is 314 g/mol. The van der Waals surface area contributed by atoms with Gasteiger partial charge in [-0.05, 0) is 12.0 Å². The van der Waals surface area contributed by atoms with Gasteiger partial charge in [0, 0.05) is 33.9 Å². The number of carbonyl (C=O) groups excluding carboxylic acids is 1.